The van der Waals surface area contributed by atoms with Crippen LogP contribution in [0.5, 0.6) is 0 Å². The highest BCUT2D eigenvalue weighted by atomic mass is 19.1. The minimum Gasteiger partial charge on any atom is -0.361 e. The number of H-pyrrole nitrogens is 1. The number of nitrogens with one attached hydrogen (secondary N) is 4. The predicted octanol–water partition coefficient (Wildman–Crippen LogP) is 1.34. The van der Waals surface area contributed by atoms with Gasteiger partial charge in [0.05, 0.1) is 5.56 Å². The minimum atomic E-state index is -1.09. The maximum atomic E-state index is 13.6. The fourth-order valence-corrected chi connectivity index (χ4v) is 2.96. The van der Waals surface area contributed by atoms with Crippen LogP contribution in [0.15, 0.2) is 35.2 Å². The van der Waals surface area contributed by atoms with E-state index in [1.54, 1.807) is 18.3 Å². The lowest BCUT2D eigenvalue weighted by molar-refractivity contribution is -0.115. The van der Waals surface area contributed by atoms with E-state index in [9.17, 15) is 14.0 Å². The first-order valence-corrected chi connectivity index (χ1v) is 8.21. The van der Waals surface area contributed by atoms with Crippen LogP contribution in [-0.2, 0) is 4.79 Å². The first-order chi connectivity index (χ1) is 12.0. The molecule has 0 fully saturated rings. The molecule has 0 aromatic carbocycles. The second-order valence-electron chi connectivity index (χ2n) is 6.08. The van der Waals surface area contributed by atoms with E-state index in [0.717, 1.165) is 5.56 Å². The lowest BCUT2D eigenvalue weighted by atomic mass is 9.95. The van der Waals surface area contributed by atoms with Crippen LogP contribution in [0, 0.1) is 6.92 Å². The molecule has 2 aliphatic rings. The zero-order chi connectivity index (χ0) is 18.0. The number of carbonyl (C=O) groups excluding carboxylic acids is 2. The van der Waals surface area contributed by atoms with Gasteiger partial charge in [-0.3, -0.25) is 9.59 Å². The maximum absolute atomic E-state index is 13.6. The van der Waals surface area contributed by atoms with Crippen molar-refractivity contribution >= 4 is 17.9 Å². The number of likely N-dealkylation sites (N-methyl/N-ethyl adjacent to an activating group) is 1. The molecule has 2 heterocycles. The van der Waals surface area contributed by atoms with E-state index in [4.69, 9.17) is 0 Å². The van der Waals surface area contributed by atoms with E-state index >= 15 is 0 Å². The summed E-state index contributed by atoms with van der Waals surface area (Å²) in [5, 5.41) is 8.53. The summed E-state index contributed by atoms with van der Waals surface area (Å²) in [5.74, 6) is -0.424. The van der Waals surface area contributed by atoms with E-state index in [0.29, 0.717) is 41.2 Å². The Bertz CT molecular complexity index is 804. The number of halogens is 1. The van der Waals surface area contributed by atoms with Crippen molar-refractivity contribution in [1.82, 2.24) is 20.9 Å². The Morgan fingerprint density at radius 2 is 2.24 bits per heavy atom. The summed E-state index contributed by atoms with van der Waals surface area (Å²) in [6.07, 6.45) is 5.43. The molecular formula is C18H21FN4O2. The molecule has 1 aliphatic heterocycles. The molecule has 0 radical (unpaired) electrons. The molecule has 0 spiro atoms. The molecule has 6 nitrogen and oxygen atoms in total. The van der Waals surface area contributed by atoms with E-state index in [-0.39, 0.29) is 18.2 Å². The Kier molecular flexibility index (Phi) is 4.85. The van der Waals surface area contributed by atoms with Crippen LogP contribution in [-0.4, -0.2) is 43.1 Å². The lowest BCUT2D eigenvalue weighted by Gasteiger charge is -2.11. The Morgan fingerprint density at radius 3 is 3.00 bits per heavy atom. The predicted molar refractivity (Wildman–Crippen MR) is 93.6 cm³/mol. The van der Waals surface area contributed by atoms with Gasteiger partial charge in [-0.25, -0.2) is 4.39 Å². The van der Waals surface area contributed by atoms with Crippen LogP contribution in [0.25, 0.3) is 6.08 Å². The summed E-state index contributed by atoms with van der Waals surface area (Å²) in [4.78, 5) is 27.4. The third kappa shape index (κ3) is 3.41. The van der Waals surface area contributed by atoms with Gasteiger partial charge in [0, 0.05) is 42.7 Å². The summed E-state index contributed by atoms with van der Waals surface area (Å²) in [5.41, 5.74) is 3.71. The molecule has 1 aliphatic carbocycles. The normalized spacial score (nSPS) is 20.8. The molecule has 1 unspecified atom stereocenters. The monoisotopic (exact) mass is 344 g/mol. The fraction of sp³-hybridized carbons (Fsp3) is 0.333. The van der Waals surface area contributed by atoms with Gasteiger partial charge in [-0.2, -0.15) is 0 Å². The number of aromatic nitrogens is 1. The average Bonchev–Trinajstić information content (AvgIpc) is 3.09. The highest BCUT2D eigenvalue weighted by molar-refractivity contribution is 6.07. The molecule has 2 amide bonds. The number of rotatable bonds is 5. The molecule has 3 rings (SSSR count). The van der Waals surface area contributed by atoms with Crippen molar-refractivity contribution in [2.24, 2.45) is 0 Å². The topological polar surface area (TPSA) is 86.0 Å². The zero-order valence-corrected chi connectivity index (χ0v) is 14.2. The van der Waals surface area contributed by atoms with Gasteiger partial charge < -0.3 is 20.9 Å². The molecule has 7 heteroatoms. The Labute approximate surface area is 145 Å². The molecule has 0 saturated heterocycles. The zero-order valence-electron chi connectivity index (χ0n) is 14.2. The van der Waals surface area contributed by atoms with Gasteiger partial charge in [0.2, 0.25) is 0 Å². The van der Waals surface area contributed by atoms with Crippen LogP contribution in [0.1, 0.15) is 28.0 Å². The number of hydrogen-bond acceptors (Lipinski definition) is 3. The highest BCUT2D eigenvalue weighted by Gasteiger charge is 2.30. The smallest absolute Gasteiger partial charge is 0.256 e. The molecule has 25 heavy (non-hydrogen) atoms. The van der Waals surface area contributed by atoms with Gasteiger partial charge in [-0.15, -0.1) is 0 Å². The van der Waals surface area contributed by atoms with Crippen molar-refractivity contribution in [3.05, 3.63) is 52.0 Å². The Morgan fingerprint density at radius 1 is 1.44 bits per heavy atom. The average molecular weight is 344 g/mol. The van der Waals surface area contributed by atoms with Gasteiger partial charge in [0.1, 0.15) is 6.17 Å². The van der Waals surface area contributed by atoms with Crippen LogP contribution in [0.4, 0.5) is 4.39 Å². The quantitative estimate of drug-likeness (QED) is 0.480. The largest absolute Gasteiger partial charge is 0.361 e. The Balaban J connectivity index is 1.84. The molecule has 1 aromatic heterocycles. The summed E-state index contributed by atoms with van der Waals surface area (Å²) < 4.78 is 13.6. The van der Waals surface area contributed by atoms with Gasteiger partial charge in [0.15, 0.2) is 0 Å². The molecule has 132 valence electrons. The molecule has 0 saturated carbocycles. The van der Waals surface area contributed by atoms with Crippen molar-refractivity contribution in [1.29, 1.82) is 0 Å². The van der Waals surface area contributed by atoms with E-state index < -0.39 is 6.17 Å². The van der Waals surface area contributed by atoms with E-state index in [2.05, 4.69) is 20.9 Å². The van der Waals surface area contributed by atoms with Crippen LogP contribution >= 0.6 is 0 Å². The molecule has 1 atom stereocenters. The SMILES string of the molecule is CNCCNC(=O)c1c[nH]c(/C=C2\C(=O)NC3=C2CC(F)C=C3)c1C. The van der Waals surface area contributed by atoms with Crippen molar-refractivity contribution < 1.29 is 14.0 Å². The van der Waals surface area contributed by atoms with Crippen LogP contribution < -0.4 is 16.0 Å². The Hall–Kier alpha value is -2.67. The van der Waals surface area contributed by atoms with Crippen LogP contribution in [0.2, 0.25) is 0 Å². The molecule has 0 bridgehead atoms. The third-order valence-electron chi connectivity index (χ3n) is 4.39. The summed E-state index contributed by atoms with van der Waals surface area (Å²) in [7, 11) is 1.82. The minimum absolute atomic E-state index is 0.172. The van der Waals surface area contributed by atoms with E-state index in [1.165, 1.54) is 6.08 Å². The highest BCUT2D eigenvalue weighted by Crippen LogP contribution is 2.32. The van der Waals surface area contributed by atoms with Gasteiger partial charge in [-0.1, -0.05) is 0 Å². The summed E-state index contributed by atoms with van der Waals surface area (Å²) in [6.45, 7) is 3.02. The lowest BCUT2D eigenvalue weighted by Crippen LogP contribution is -2.30. The van der Waals surface area contributed by atoms with E-state index in [1.807, 2.05) is 14.0 Å². The maximum Gasteiger partial charge on any atom is 0.256 e. The first kappa shape index (κ1) is 17.2. The molecule has 4 N–H and O–H groups in total. The van der Waals surface area contributed by atoms with Crippen LogP contribution in [0.3, 0.4) is 0 Å². The van der Waals surface area contributed by atoms with Crippen molar-refractivity contribution in [3.8, 4) is 0 Å². The third-order valence-corrected chi connectivity index (χ3v) is 4.39. The van der Waals surface area contributed by atoms with Crippen molar-refractivity contribution in [2.45, 2.75) is 19.5 Å². The van der Waals surface area contributed by atoms with Crippen molar-refractivity contribution in [3.63, 3.8) is 0 Å². The second-order valence-corrected chi connectivity index (χ2v) is 6.08. The molecular weight excluding hydrogens is 323 g/mol. The van der Waals surface area contributed by atoms with Gasteiger partial charge >= 0.3 is 0 Å². The number of amides is 2. The summed E-state index contributed by atoms with van der Waals surface area (Å²) >= 11 is 0. The summed E-state index contributed by atoms with van der Waals surface area (Å²) in [6, 6.07) is 0. The number of hydrogen-bond donors (Lipinski definition) is 4. The number of aromatic amines is 1. The van der Waals surface area contributed by atoms with Gasteiger partial charge in [0.25, 0.3) is 11.8 Å². The number of alkyl halides is 1. The standard InChI is InChI=1S/C18H21FN4O2/c1-10-14(17(24)21-6-5-20-2)9-22-16(10)8-13-12-7-11(19)3-4-15(12)23-18(13)25/h3-4,8-9,11,20,22H,5-7H2,1-2H3,(H,21,24)(H,23,25)/b13-8-. The first-order valence-electron chi connectivity index (χ1n) is 8.21. The fourth-order valence-electron chi connectivity index (χ4n) is 2.96. The number of carbonyl (C=O) groups is 2. The number of allylic oxidation sites excluding steroid dienone is 2. The second kappa shape index (κ2) is 7.06. The van der Waals surface area contributed by atoms with Gasteiger partial charge in [-0.05, 0) is 43.3 Å². The molecule has 1 aromatic rings. The van der Waals surface area contributed by atoms with Crippen molar-refractivity contribution in [2.75, 3.05) is 20.1 Å².